The predicted molar refractivity (Wildman–Crippen MR) is 133 cm³/mol. The van der Waals surface area contributed by atoms with Gasteiger partial charge in [0.15, 0.2) is 5.13 Å². The first-order chi connectivity index (χ1) is 17.0. The second-order valence-corrected chi connectivity index (χ2v) is 10.3. The molecule has 0 radical (unpaired) electrons. The fourth-order valence-corrected chi connectivity index (χ4v) is 6.74. The summed E-state index contributed by atoms with van der Waals surface area (Å²) in [5.41, 5.74) is 1.55. The molecule has 1 N–H and O–H groups in total. The molecule has 2 fully saturated rings. The van der Waals surface area contributed by atoms with Crippen LogP contribution in [0.1, 0.15) is 31.4 Å². The first kappa shape index (κ1) is 22.0. The van der Waals surface area contributed by atoms with E-state index in [1.807, 2.05) is 55.5 Å². The molecule has 6 rings (SSSR count). The Labute approximate surface area is 206 Å². The number of amides is 3. The van der Waals surface area contributed by atoms with Gasteiger partial charge in [-0.15, -0.1) is 0 Å². The van der Waals surface area contributed by atoms with Gasteiger partial charge in [-0.3, -0.25) is 19.3 Å². The van der Waals surface area contributed by atoms with Crippen LogP contribution in [0.3, 0.4) is 0 Å². The van der Waals surface area contributed by atoms with Crippen LogP contribution < -0.4 is 10.1 Å². The Hall–Kier alpha value is -3.52. The average Bonchev–Trinajstić information content (AvgIpc) is 3.62. The third-order valence-electron chi connectivity index (χ3n) is 7.30. The van der Waals surface area contributed by atoms with E-state index in [0.29, 0.717) is 11.7 Å². The number of nitrogens with zero attached hydrogens (tertiary/aromatic N) is 2. The topological polar surface area (TPSA) is 88.6 Å². The predicted octanol–water partition coefficient (Wildman–Crippen LogP) is 4.57. The SMILES string of the molecule is CCOc1ccc2nc(NC(=O)CC(c3ccccc3)N3C(=O)C4C5C=CC(C5)C4C3=O)sc2c1. The minimum atomic E-state index is -0.653. The van der Waals surface area contributed by atoms with Gasteiger partial charge in [0.2, 0.25) is 17.7 Å². The molecule has 2 bridgehead atoms. The molecule has 1 aromatic heterocycles. The van der Waals surface area contributed by atoms with Crippen molar-refractivity contribution in [1.82, 2.24) is 9.88 Å². The summed E-state index contributed by atoms with van der Waals surface area (Å²) in [5, 5.41) is 3.36. The highest BCUT2D eigenvalue weighted by Crippen LogP contribution is 2.54. The first-order valence-electron chi connectivity index (χ1n) is 12.0. The summed E-state index contributed by atoms with van der Waals surface area (Å²) in [6, 6.07) is 14.3. The molecule has 2 aromatic carbocycles. The Morgan fingerprint density at radius 2 is 1.83 bits per heavy atom. The molecule has 0 spiro atoms. The zero-order chi connectivity index (χ0) is 24.1. The van der Waals surface area contributed by atoms with Crippen LogP contribution in [0.2, 0.25) is 0 Å². The molecule has 3 amide bonds. The molecule has 8 heteroatoms. The van der Waals surface area contributed by atoms with Crippen LogP contribution >= 0.6 is 11.3 Å². The van der Waals surface area contributed by atoms with Gasteiger partial charge in [-0.1, -0.05) is 53.8 Å². The van der Waals surface area contributed by atoms with Crippen molar-refractivity contribution in [3.8, 4) is 5.75 Å². The van der Waals surface area contributed by atoms with Gasteiger partial charge < -0.3 is 10.1 Å². The molecular weight excluding hydrogens is 462 g/mol. The van der Waals surface area contributed by atoms with Crippen LogP contribution in [0.25, 0.3) is 10.2 Å². The standard InChI is InChI=1S/C27H25N3O4S/c1-2-34-18-10-11-19-21(13-18)35-27(28-19)29-22(31)14-20(15-6-4-3-5-7-15)30-25(32)23-16-8-9-17(12-16)24(23)26(30)33/h3-11,13,16-17,20,23-24H,2,12,14H2,1H3,(H,28,29,31). The maximum atomic E-state index is 13.5. The minimum Gasteiger partial charge on any atom is -0.494 e. The molecule has 1 saturated carbocycles. The Morgan fingerprint density at radius 3 is 2.51 bits per heavy atom. The minimum absolute atomic E-state index is 0.0240. The number of fused-ring (bicyclic) bond motifs is 6. The van der Waals surface area contributed by atoms with E-state index >= 15 is 0 Å². The molecule has 2 aliphatic carbocycles. The van der Waals surface area contributed by atoms with Crippen molar-refractivity contribution in [3.05, 3.63) is 66.2 Å². The van der Waals surface area contributed by atoms with E-state index in [-0.39, 0.29) is 47.8 Å². The summed E-state index contributed by atoms with van der Waals surface area (Å²) in [6.07, 6.45) is 5.01. The van der Waals surface area contributed by atoms with Gasteiger partial charge in [0, 0.05) is 0 Å². The summed E-state index contributed by atoms with van der Waals surface area (Å²) in [7, 11) is 0. The lowest BCUT2D eigenvalue weighted by Crippen LogP contribution is -2.38. The number of rotatable bonds is 7. The number of ether oxygens (including phenoxy) is 1. The van der Waals surface area contributed by atoms with Crippen molar-refractivity contribution in [3.63, 3.8) is 0 Å². The third-order valence-corrected chi connectivity index (χ3v) is 8.23. The van der Waals surface area contributed by atoms with Gasteiger partial charge in [0.1, 0.15) is 5.75 Å². The number of imide groups is 1. The fraction of sp³-hybridized carbons (Fsp3) is 0.333. The lowest BCUT2D eigenvalue weighted by molar-refractivity contribution is -0.144. The van der Waals surface area contributed by atoms with Crippen molar-refractivity contribution in [2.75, 3.05) is 11.9 Å². The molecular formula is C27H25N3O4S. The quantitative estimate of drug-likeness (QED) is 0.390. The van der Waals surface area contributed by atoms with E-state index in [0.717, 1.165) is 28.0 Å². The number of likely N-dealkylation sites (tertiary alicyclic amines) is 1. The second kappa shape index (κ2) is 8.61. The first-order valence-corrected chi connectivity index (χ1v) is 12.8. The van der Waals surface area contributed by atoms with E-state index in [1.165, 1.54) is 16.2 Å². The molecule has 178 valence electrons. The van der Waals surface area contributed by atoms with Gasteiger partial charge in [0.05, 0.1) is 41.1 Å². The van der Waals surface area contributed by atoms with E-state index in [2.05, 4.69) is 22.5 Å². The van der Waals surface area contributed by atoms with Crippen molar-refractivity contribution in [1.29, 1.82) is 0 Å². The summed E-state index contributed by atoms with van der Waals surface area (Å²) in [5.74, 6) is -0.176. The van der Waals surface area contributed by atoms with E-state index in [4.69, 9.17) is 4.74 Å². The number of hydrogen-bond donors (Lipinski definition) is 1. The maximum Gasteiger partial charge on any atom is 0.234 e. The zero-order valence-electron chi connectivity index (χ0n) is 19.2. The van der Waals surface area contributed by atoms with Crippen LogP contribution in [0.4, 0.5) is 5.13 Å². The number of anilines is 1. The molecule has 1 saturated heterocycles. The smallest absolute Gasteiger partial charge is 0.234 e. The van der Waals surface area contributed by atoms with E-state index < -0.39 is 6.04 Å². The fourth-order valence-electron chi connectivity index (χ4n) is 5.83. The molecule has 2 heterocycles. The summed E-state index contributed by atoms with van der Waals surface area (Å²) in [4.78, 5) is 46.0. The number of carbonyl (C=O) groups excluding carboxylic acids is 3. The Balaban J connectivity index is 1.25. The van der Waals surface area contributed by atoms with E-state index in [9.17, 15) is 14.4 Å². The molecule has 35 heavy (non-hydrogen) atoms. The number of thiazole rings is 1. The molecule has 1 aliphatic heterocycles. The highest BCUT2D eigenvalue weighted by Gasteiger charge is 2.60. The molecule has 5 atom stereocenters. The van der Waals surface area contributed by atoms with Crippen LogP contribution in [-0.4, -0.2) is 34.2 Å². The zero-order valence-corrected chi connectivity index (χ0v) is 20.0. The van der Waals surface area contributed by atoms with Crippen molar-refractivity contribution < 1.29 is 19.1 Å². The van der Waals surface area contributed by atoms with Gasteiger partial charge in [-0.25, -0.2) is 4.98 Å². The number of nitrogens with one attached hydrogen (secondary N) is 1. The van der Waals surface area contributed by atoms with Gasteiger partial charge >= 0.3 is 0 Å². The number of carbonyl (C=O) groups is 3. The summed E-state index contributed by atoms with van der Waals surface area (Å²) in [6.45, 7) is 2.50. The number of hydrogen-bond acceptors (Lipinski definition) is 6. The summed E-state index contributed by atoms with van der Waals surface area (Å²) >= 11 is 1.37. The van der Waals surface area contributed by atoms with Crippen molar-refractivity contribution in [2.24, 2.45) is 23.7 Å². The highest BCUT2D eigenvalue weighted by atomic mass is 32.1. The third kappa shape index (κ3) is 3.72. The Morgan fingerprint density at radius 1 is 1.11 bits per heavy atom. The molecule has 7 nitrogen and oxygen atoms in total. The van der Waals surface area contributed by atoms with Crippen molar-refractivity contribution in [2.45, 2.75) is 25.8 Å². The van der Waals surface area contributed by atoms with Crippen LogP contribution in [-0.2, 0) is 14.4 Å². The largest absolute Gasteiger partial charge is 0.494 e. The maximum absolute atomic E-state index is 13.5. The van der Waals surface area contributed by atoms with Gasteiger partial charge in [-0.05, 0) is 48.9 Å². The van der Waals surface area contributed by atoms with Gasteiger partial charge in [0.25, 0.3) is 0 Å². The molecule has 3 aliphatic rings. The molecule has 5 unspecified atom stereocenters. The lowest BCUT2D eigenvalue weighted by Gasteiger charge is -2.28. The number of benzene rings is 2. The van der Waals surface area contributed by atoms with Crippen LogP contribution in [0.5, 0.6) is 5.75 Å². The molecule has 3 aromatic rings. The van der Waals surface area contributed by atoms with E-state index in [1.54, 1.807) is 0 Å². The second-order valence-electron chi connectivity index (χ2n) is 9.31. The summed E-state index contributed by atoms with van der Waals surface area (Å²) < 4.78 is 6.46. The lowest BCUT2D eigenvalue weighted by atomic mass is 9.85. The number of aromatic nitrogens is 1. The van der Waals surface area contributed by atoms with Crippen molar-refractivity contribution >= 4 is 44.4 Å². The number of allylic oxidation sites excluding steroid dienone is 2. The monoisotopic (exact) mass is 487 g/mol. The average molecular weight is 488 g/mol. The van der Waals surface area contributed by atoms with Crippen LogP contribution in [0.15, 0.2) is 60.7 Å². The Bertz CT molecular complexity index is 1320. The highest BCUT2D eigenvalue weighted by molar-refractivity contribution is 7.22. The van der Waals surface area contributed by atoms with Gasteiger partial charge in [-0.2, -0.15) is 0 Å². The Kier molecular flexibility index (Phi) is 5.40. The normalized spacial score (nSPS) is 25.3. The van der Waals surface area contributed by atoms with Crippen LogP contribution in [0, 0.1) is 23.7 Å².